The van der Waals surface area contributed by atoms with Gasteiger partial charge in [0.15, 0.2) is 0 Å². The number of piperidine rings is 2. The zero-order valence-electron chi connectivity index (χ0n) is 25.3. The van der Waals surface area contributed by atoms with E-state index in [1.54, 1.807) is 0 Å². The molecule has 0 amide bonds. The van der Waals surface area contributed by atoms with Gasteiger partial charge in [0.2, 0.25) is 10.0 Å². The summed E-state index contributed by atoms with van der Waals surface area (Å²) in [5.74, 6) is 0.177. The number of aromatic nitrogens is 2. The highest BCUT2D eigenvalue weighted by atomic mass is 32.2. The number of ether oxygens (including phenoxy) is 1. The second-order valence-electron chi connectivity index (χ2n) is 12.3. The third-order valence-electron chi connectivity index (χ3n) is 8.97. The highest BCUT2D eigenvalue weighted by Gasteiger charge is 2.24. The van der Waals surface area contributed by atoms with Crippen LogP contribution in [0.15, 0.2) is 54.6 Å². The van der Waals surface area contributed by atoms with Crippen LogP contribution in [-0.2, 0) is 27.8 Å². The fraction of sp³-hybridized carbons (Fsp3) is 0.455. The molecule has 44 heavy (non-hydrogen) atoms. The van der Waals surface area contributed by atoms with E-state index in [0.717, 1.165) is 73.6 Å². The van der Waals surface area contributed by atoms with Crippen molar-refractivity contribution in [1.82, 2.24) is 19.8 Å². The molecule has 0 radical (unpaired) electrons. The van der Waals surface area contributed by atoms with Crippen molar-refractivity contribution in [3.63, 3.8) is 0 Å². The number of pyridine rings is 1. The molecular weight excluding hydrogens is 576 g/mol. The predicted molar refractivity (Wildman–Crippen MR) is 174 cm³/mol. The van der Waals surface area contributed by atoms with Gasteiger partial charge >= 0.3 is 5.97 Å². The van der Waals surface area contributed by atoms with Crippen molar-refractivity contribution < 1.29 is 17.9 Å². The second kappa shape index (κ2) is 13.2. The quantitative estimate of drug-likeness (QED) is 0.228. The van der Waals surface area contributed by atoms with Crippen LogP contribution in [0, 0.1) is 11.8 Å². The number of nitrogens with zero attached hydrogens (tertiary/aromatic N) is 3. The number of carbonyl (C=O) groups excluding carboxylic acids is 1. The molecule has 2 aromatic heterocycles. The predicted octanol–water partition coefficient (Wildman–Crippen LogP) is 3.94. The Morgan fingerprint density at radius 1 is 1.02 bits per heavy atom. The molecule has 4 heterocycles. The van der Waals surface area contributed by atoms with Crippen molar-refractivity contribution in [2.45, 2.75) is 38.8 Å². The van der Waals surface area contributed by atoms with Crippen LogP contribution in [0.1, 0.15) is 47.4 Å². The van der Waals surface area contributed by atoms with Gasteiger partial charge < -0.3 is 25.3 Å². The van der Waals surface area contributed by atoms with Crippen molar-refractivity contribution >= 4 is 43.5 Å². The van der Waals surface area contributed by atoms with E-state index in [0.29, 0.717) is 41.8 Å². The van der Waals surface area contributed by atoms with Gasteiger partial charge in [-0.25, -0.2) is 18.2 Å². The van der Waals surface area contributed by atoms with Gasteiger partial charge in [-0.15, -0.1) is 0 Å². The third-order valence-corrected chi connectivity index (χ3v) is 10.4. The summed E-state index contributed by atoms with van der Waals surface area (Å²) in [6.45, 7) is 4.63. The number of sulfonamides is 1. The van der Waals surface area contributed by atoms with Crippen LogP contribution in [0.3, 0.4) is 0 Å². The molecule has 2 aliphatic heterocycles. The van der Waals surface area contributed by atoms with E-state index in [-0.39, 0.29) is 24.2 Å². The number of hydrogen-bond donors (Lipinski definition) is 3. The van der Waals surface area contributed by atoms with Gasteiger partial charge in [-0.1, -0.05) is 24.3 Å². The first-order valence-corrected chi connectivity index (χ1v) is 17.2. The van der Waals surface area contributed by atoms with Crippen molar-refractivity contribution in [2.24, 2.45) is 17.6 Å². The standard InChI is InChI=1S/C33H42N6O4S/c1-38-14-10-23(11-15-38)21-43-33(40)31-18-26-6-7-28(19-34)36-32(26)39(31)20-27-17-29(16-25-4-2-3-5-30(25)27)37-44(41,42)22-24-8-12-35-13-9-24/h2-7,16-18,23-24,35,37H,8-15,19-22,34H2,1H3. The molecule has 2 aliphatic rings. The maximum atomic E-state index is 13.6. The maximum absolute atomic E-state index is 13.6. The minimum atomic E-state index is -3.56. The van der Waals surface area contributed by atoms with Gasteiger partial charge in [-0.05, 0) is 117 Å². The molecule has 234 valence electrons. The van der Waals surface area contributed by atoms with Gasteiger partial charge in [0.1, 0.15) is 11.3 Å². The number of anilines is 1. The minimum absolute atomic E-state index is 0.0954. The van der Waals surface area contributed by atoms with Gasteiger partial charge in [0.05, 0.1) is 24.6 Å². The topological polar surface area (TPSA) is 132 Å². The average molecular weight is 619 g/mol. The zero-order valence-corrected chi connectivity index (χ0v) is 26.1. The number of likely N-dealkylation sites (tertiary alicyclic amines) is 1. The summed E-state index contributed by atoms with van der Waals surface area (Å²) in [6, 6.07) is 17.2. The summed E-state index contributed by atoms with van der Waals surface area (Å²) >= 11 is 0. The Hall–Kier alpha value is -3.51. The molecule has 0 bridgehead atoms. The lowest BCUT2D eigenvalue weighted by Crippen LogP contribution is -2.33. The lowest BCUT2D eigenvalue weighted by atomic mass is 9.98. The number of carbonyl (C=O) groups is 1. The van der Waals surface area contributed by atoms with Crippen molar-refractivity contribution in [3.05, 3.63) is 71.5 Å². The summed E-state index contributed by atoms with van der Waals surface area (Å²) in [5.41, 5.74) is 9.07. The first kappa shape index (κ1) is 30.5. The number of esters is 1. The van der Waals surface area contributed by atoms with Crippen LogP contribution >= 0.6 is 0 Å². The lowest BCUT2D eigenvalue weighted by molar-refractivity contribution is 0.0373. The number of rotatable bonds is 10. The molecule has 0 aliphatic carbocycles. The average Bonchev–Trinajstić information content (AvgIpc) is 3.38. The molecule has 0 spiro atoms. The third kappa shape index (κ3) is 7.07. The summed E-state index contributed by atoms with van der Waals surface area (Å²) in [5, 5.41) is 5.98. The summed E-state index contributed by atoms with van der Waals surface area (Å²) in [4.78, 5) is 20.7. The molecule has 2 fully saturated rings. The summed E-state index contributed by atoms with van der Waals surface area (Å²) in [6.07, 6.45) is 3.69. The van der Waals surface area contributed by atoms with Gasteiger partial charge in [-0.3, -0.25) is 4.72 Å². The Kier molecular flexibility index (Phi) is 9.18. The smallest absolute Gasteiger partial charge is 0.355 e. The van der Waals surface area contributed by atoms with E-state index >= 15 is 0 Å². The first-order valence-electron chi connectivity index (χ1n) is 15.6. The fourth-order valence-corrected chi connectivity index (χ4v) is 7.95. The van der Waals surface area contributed by atoms with E-state index in [1.807, 2.05) is 59.2 Å². The minimum Gasteiger partial charge on any atom is -0.461 e. The zero-order chi connectivity index (χ0) is 30.7. The normalized spacial score (nSPS) is 17.3. The molecule has 2 saturated heterocycles. The lowest BCUT2D eigenvalue weighted by Gasteiger charge is -2.28. The van der Waals surface area contributed by atoms with Gasteiger partial charge in [0, 0.05) is 17.6 Å². The SMILES string of the molecule is CN1CCC(COC(=O)c2cc3ccc(CN)nc3n2Cc2cc(NS(=O)(=O)CC3CCNCC3)cc3ccccc23)CC1. The Balaban J connectivity index is 1.33. The molecule has 6 rings (SSSR count). The summed E-state index contributed by atoms with van der Waals surface area (Å²) < 4.78 is 37.0. The largest absolute Gasteiger partial charge is 0.461 e. The molecule has 2 aromatic carbocycles. The molecular formula is C33H42N6O4S. The highest BCUT2D eigenvalue weighted by molar-refractivity contribution is 7.92. The van der Waals surface area contributed by atoms with Crippen molar-refractivity contribution in [1.29, 1.82) is 0 Å². The number of nitrogens with one attached hydrogen (secondary N) is 2. The van der Waals surface area contributed by atoms with Crippen LogP contribution in [0.4, 0.5) is 5.69 Å². The van der Waals surface area contributed by atoms with Crippen LogP contribution in [0.25, 0.3) is 21.8 Å². The summed E-state index contributed by atoms with van der Waals surface area (Å²) in [7, 11) is -1.44. The van der Waals surface area contributed by atoms with Gasteiger partial charge in [-0.2, -0.15) is 0 Å². The Bertz CT molecular complexity index is 1740. The Morgan fingerprint density at radius 2 is 1.80 bits per heavy atom. The molecule has 0 atom stereocenters. The molecule has 11 heteroatoms. The first-order chi connectivity index (χ1) is 21.3. The number of hydrogen-bond acceptors (Lipinski definition) is 8. The molecule has 4 N–H and O–H groups in total. The Labute approximate surface area is 259 Å². The molecule has 10 nitrogen and oxygen atoms in total. The monoisotopic (exact) mass is 618 g/mol. The Morgan fingerprint density at radius 3 is 2.57 bits per heavy atom. The van der Waals surface area contributed by atoms with E-state index in [1.165, 1.54) is 0 Å². The van der Waals surface area contributed by atoms with E-state index in [4.69, 9.17) is 15.5 Å². The van der Waals surface area contributed by atoms with E-state index in [2.05, 4.69) is 22.0 Å². The maximum Gasteiger partial charge on any atom is 0.355 e. The number of nitrogens with two attached hydrogens (primary N) is 1. The van der Waals surface area contributed by atoms with Gasteiger partial charge in [0.25, 0.3) is 0 Å². The van der Waals surface area contributed by atoms with Crippen molar-refractivity contribution in [2.75, 3.05) is 50.3 Å². The van der Waals surface area contributed by atoms with Crippen LogP contribution in [0.5, 0.6) is 0 Å². The van der Waals surface area contributed by atoms with Crippen LogP contribution < -0.4 is 15.8 Å². The molecule has 0 saturated carbocycles. The number of fused-ring (bicyclic) bond motifs is 2. The highest BCUT2D eigenvalue weighted by Crippen LogP contribution is 2.29. The van der Waals surface area contributed by atoms with Crippen LogP contribution in [0.2, 0.25) is 0 Å². The van der Waals surface area contributed by atoms with E-state index < -0.39 is 10.0 Å². The van der Waals surface area contributed by atoms with Crippen molar-refractivity contribution in [3.8, 4) is 0 Å². The number of benzene rings is 2. The van der Waals surface area contributed by atoms with E-state index in [9.17, 15) is 13.2 Å². The fourth-order valence-electron chi connectivity index (χ4n) is 6.44. The van der Waals surface area contributed by atoms with Crippen LogP contribution in [-0.4, -0.2) is 74.4 Å². The second-order valence-corrected chi connectivity index (χ2v) is 14.1. The molecule has 0 unspecified atom stereocenters. The molecule has 4 aromatic rings.